The van der Waals surface area contributed by atoms with Gasteiger partial charge in [-0.3, -0.25) is 29.0 Å². The molecule has 13 rings (SSSR count). The number of aliphatic hydroxyl groups excluding tert-OH is 1. The maximum atomic E-state index is 16.2. The van der Waals surface area contributed by atoms with E-state index < -0.39 is 31.7 Å². The smallest absolute Gasteiger partial charge is 0.264 e. The van der Waals surface area contributed by atoms with E-state index >= 15 is 9.59 Å². The number of benzene rings is 8. The molecule has 5 heterocycles. The van der Waals surface area contributed by atoms with Crippen molar-refractivity contribution in [1.82, 2.24) is 4.90 Å². The van der Waals surface area contributed by atoms with Gasteiger partial charge in [0, 0.05) is 40.2 Å². The Kier molecular flexibility index (Phi) is 10.6. The quantitative estimate of drug-likeness (QED) is 0.136. The first kappa shape index (κ1) is 45.9. The van der Waals surface area contributed by atoms with E-state index in [4.69, 9.17) is 9.47 Å². The molecular formula is C62H54N4O7Si. The second-order valence-corrected chi connectivity index (χ2v) is 25.8. The van der Waals surface area contributed by atoms with E-state index in [2.05, 4.69) is 38.2 Å². The molecular weight excluding hydrogens is 941 g/mol. The fourth-order valence-corrected chi connectivity index (χ4v) is 17.4. The van der Waals surface area contributed by atoms with Crippen LogP contribution < -0.4 is 24.6 Å². The number of fused-ring (bicyclic) bond motifs is 3. The average molecular weight is 995 g/mol. The van der Waals surface area contributed by atoms with Gasteiger partial charge in [0.15, 0.2) is 5.60 Å². The van der Waals surface area contributed by atoms with Crippen LogP contribution in [0.4, 0.5) is 28.4 Å². The summed E-state index contributed by atoms with van der Waals surface area (Å²) in [5.74, 6) is -0.338. The lowest BCUT2D eigenvalue weighted by molar-refractivity contribution is -0.151. The number of carbonyl (C=O) groups excluding carboxylic acids is 4. The highest BCUT2D eigenvalue weighted by Crippen LogP contribution is 2.61. The number of carbonyl (C=O) groups is 4. The van der Waals surface area contributed by atoms with Crippen LogP contribution in [0.25, 0.3) is 21.5 Å². The van der Waals surface area contributed by atoms with Crippen LogP contribution in [-0.2, 0) is 39.4 Å². The Labute approximate surface area is 430 Å². The molecule has 0 unspecified atom stereocenters. The summed E-state index contributed by atoms with van der Waals surface area (Å²) in [7, 11) is -1.06. The Morgan fingerprint density at radius 3 is 1.92 bits per heavy atom. The van der Waals surface area contributed by atoms with Gasteiger partial charge in [-0.15, -0.1) is 0 Å². The van der Waals surface area contributed by atoms with Crippen LogP contribution in [0, 0.1) is 5.92 Å². The van der Waals surface area contributed by atoms with Crippen molar-refractivity contribution in [2.45, 2.75) is 69.2 Å². The van der Waals surface area contributed by atoms with Crippen LogP contribution in [0.15, 0.2) is 164 Å². The Balaban J connectivity index is 0.918. The largest absolute Gasteiger partial charge is 0.497 e. The number of aliphatic hydroxyl groups is 1. The van der Waals surface area contributed by atoms with E-state index in [0.29, 0.717) is 41.0 Å². The van der Waals surface area contributed by atoms with Crippen molar-refractivity contribution in [3.05, 3.63) is 197 Å². The summed E-state index contributed by atoms with van der Waals surface area (Å²) in [5, 5.41) is 15.7. The van der Waals surface area contributed by atoms with Gasteiger partial charge in [-0.2, -0.15) is 0 Å². The lowest BCUT2D eigenvalue weighted by Gasteiger charge is -2.39. The number of hydrogen-bond donors (Lipinski definition) is 1. The van der Waals surface area contributed by atoms with Gasteiger partial charge in [-0.05, 0) is 106 Å². The third kappa shape index (κ3) is 6.70. The molecule has 1 spiro atoms. The second-order valence-electron chi connectivity index (χ2n) is 21.1. The van der Waals surface area contributed by atoms with Crippen molar-refractivity contribution in [3.8, 4) is 5.75 Å². The molecule has 0 saturated carbocycles. The number of ether oxygens (including phenoxy) is 2. The van der Waals surface area contributed by atoms with Crippen molar-refractivity contribution < 1.29 is 33.8 Å². The van der Waals surface area contributed by atoms with E-state index in [-0.39, 0.29) is 48.7 Å². The van der Waals surface area contributed by atoms with Crippen LogP contribution in [0.1, 0.15) is 56.3 Å². The monoisotopic (exact) mass is 994 g/mol. The van der Waals surface area contributed by atoms with Crippen LogP contribution >= 0.6 is 0 Å². The lowest BCUT2D eigenvalue weighted by atomic mass is 9.82. The number of nitrogens with zero attached hydrogens (tertiary/aromatic N) is 4. The molecule has 74 heavy (non-hydrogen) atoms. The molecule has 0 aromatic heterocycles. The molecule has 12 heteroatoms. The molecule has 5 atom stereocenters. The molecule has 1 N–H and O–H groups in total. The van der Waals surface area contributed by atoms with Gasteiger partial charge in [0.1, 0.15) is 5.75 Å². The third-order valence-corrected chi connectivity index (χ3v) is 21.3. The number of hydrogen-bond acceptors (Lipinski definition) is 7. The Hall–Kier alpha value is -7.90. The summed E-state index contributed by atoms with van der Waals surface area (Å²) in [6, 6.07) is 52.9. The first-order chi connectivity index (χ1) is 35.9. The lowest BCUT2D eigenvalue weighted by Crippen LogP contribution is -2.52. The summed E-state index contributed by atoms with van der Waals surface area (Å²) < 4.78 is 13.2. The zero-order valence-corrected chi connectivity index (χ0v) is 42.6. The van der Waals surface area contributed by atoms with E-state index in [9.17, 15) is 14.7 Å². The third-order valence-electron chi connectivity index (χ3n) is 17.0. The normalized spacial score (nSPS) is 21.7. The Morgan fingerprint density at radius 2 is 1.30 bits per heavy atom. The van der Waals surface area contributed by atoms with Crippen LogP contribution in [0.3, 0.4) is 0 Å². The van der Waals surface area contributed by atoms with Crippen molar-refractivity contribution in [3.63, 3.8) is 0 Å². The van der Waals surface area contributed by atoms with Gasteiger partial charge in [-0.25, -0.2) is 0 Å². The van der Waals surface area contributed by atoms with Gasteiger partial charge in [0.25, 0.3) is 17.7 Å². The van der Waals surface area contributed by atoms with Gasteiger partial charge in [-0.1, -0.05) is 122 Å². The molecule has 4 amide bonds. The van der Waals surface area contributed by atoms with Gasteiger partial charge in [0.05, 0.1) is 75.1 Å². The molecule has 0 aliphatic carbocycles. The zero-order valence-electron chi connectivity index (χ0n) is 41.6. The maximum absolute atomic E-state index is 16.2. The topological polar surface area (TPSA) is 120 Å². The highest BCUT2D eigenvalue weighted by atomic mass is 28.3. The van der Waals surface area contributed by atoms with Crippen molar-refractivity contribution in [2.75, 3.05) is 28.4 Å². The van der Waals surface area contributed by atoms with Gasteiger partial charge in [0.2, 0.25) is 5.91 Å². The van der Waals surface area contributed by atoms with E-state index in [1.165, 1.54) is 0 Å². The summed E-state index contributed by atoms with van der Waals surface area (Å²) >= 11 is 0. The molecule has 1 fully saturated rings. The highest BCUT2D eigenvalue weighted by molar-refractivity contribution is 6.91. The van der Waals surface area contributed by atoms with E-state index in [0.717, 1.165) is 66.2 Å². The zero-order chi connectivity index (χ0) is 50.8. The summed E-state index contributed by atoms with van der Waals surface area (Å²) in [6.07, 6.45) is -0.161. The van der Waals surface area contributed by atoms with E-state index in [1.54, 1.807) is 26.7 Å². The molecule has 8 aromatic rings. The molecule has 5 aliphatic heterocycles. The summed E-state index contributed by atoms with van der Waals surface area (Å²) in [4.78, 5) is 66.8. The van der Waals surface area contributed by atoms with Crippen LogP contribution in [-0.4, -0.2) is 67.6 Å². The van der Waals surface area contributed by atoms with E-state index in [1.807, 2.05) is 146 Å². The summed E-state index contributed by atoms with van der Waals surface area (Å²) in [6.45, 7) is 7.07. The molecule has 0 bridgehead atoms. The first-order valence-corrected chi connectivity index (χ1v) is 28.6. The molecule has 368 valence electrons. The first-order valence-electron chi connectivity index (χ1n) is 25.5. The molecule has 1 saturated heterocycles. The number of anilines is 5. The average Bonchev–Trinajstić information content (AvgIpc) is 4.08. The maximum Gasteiger partial charge on any atom is 0.264 e. The SMILES string of the molecule is COc1ccc([Si](C)(C)[C@@H]2[C@@H](CC(=O)N3Cc4ccccc4C[C@H]3CO)O[C@]3(C(=O)N(Cc4ccc(N5C(=O)c6cccc7cccc5c67)cc4)c4ccc(N5C(=O)c6cccc7cccc5c67)cc43)[C@H]2C)cc1. The minimum absolute atomic E-state index is 0.000496. The minimum atomic E-state index is -2.71. The van der Waals surface area contributed by atoms with Gasteiger partial charge >= 0.3 is 0 Å². The van der Waals surface area contributed by atoms with Crippen molar-refractivity contribution in [1.29, 1.82) is 0 Å². The standard InChI is InChI=1S/C62H54N4O7Si/c1-37-58(74(3,4)47-28-26-46(72-2)27-29-47)54(33-55(68)63-35-42-12-6-5-11-41(42)31-45(63)36-67)73-62(37)50-32-44(66-53-20-10-16-40-14-8-18-49(57(40)53)60(66)70)25-30-51(50)64(61(62)71)34-38-21-23-43(24-22-38)65-52-19-9-15-39-13-7-17-48(56(39)52)59(65)69/h5-30,32,37,45,54,58,67H,31,33-36H2,1-4H3/t37-,45-,54+,58-,62+/m0/s1. The Morgan fingerprint density at radius 1 is 0.703 bits per heavy atom. The molecule has 0 radical (unpaired) electrons. The second kappa shape index (κ2) is 17.1. The number of rotatable bonds is 10. The fraction of sp³-hybridized carbons (Fsp3) is 0.226. The Bertz CT molecular complexity index is 3660. The molecule has 11 nitrogen and oxygen atoms in total. The minimum Gasteiger partial charge on any atom is -0.497 e. The van der Waals surface area contributed by atoms with Crippen LogP contribution in [0.5, 0.6) is 5.75 Å². The summed E-state index contributed by atoms with van der Waals surface area (Å²) in [5.41, 5.74) is 6.71. The number of methoxy groups -OCH3 is 1. The number of amides is 4. The molecule has 8 aromatic carbocycles. The van der Waals surface area contributed by atoms with Crippen molar-refractivity contribution >= 4 is 86.9 Å². The predicted octanol–water partition coefficient (Wildman–Crippen LogP) is 10.7. The van der Waals surface area contributed by atoms with Crippen molar-refractivity contribution in [2.24, 2.45) is 5.92 Å². The fourth-order valence-electron chi connectivity index (χ4n) is 13.4. The predicted molar refractivity (Wildman–Crippen MR) is 291 cm³/mol. The highest BCUT2D eigenvalue weighted by Gasteiger charge is 2.67. The van der Waals surface area contributed by atoms with Crippen LogP contribution in [0.2, 0.25) is 18.6 Å². The van der Waals surface area contributed by atoms with Gasteiger partial charge < -0.3 is 24.4 Å². The molecule has 5 aliphatic rings.